The van der Waals surface area contributed by atoms with Crippen LogP contribution in [0.25, 0.3) is 0 Å². The maximum Gasteiger partial charge on any atom is 0.136 e. The van der Waals surface area contributed by atoms with Crippen molar-refractivity contribution in [3.63, 3.8) is 0 Å². The molecule has 3 atom stereocenters. The van der Waals surface area contributed by atoms with Crippen LogP contribution in [0.5, 0.6) is 0 Å². The Balaban J connectivity index is 2.06. The number of ether oxygens (including phenoxy) is 1. The molecule has 2 saturated heterocycles. The number of ketones is 1. The van der Waals surface area contributed by atoms with E-state index in [0.29, 0.717) is 24.3 Å². The minimum absolute atomic E-state index is 0.267. The molecule has 0 amide bonds. The third-order valence-corrected chi connectivity index (χ3v) is 3.38. The number of nitrogens with zero attached hydrogens (tertiary/aromatic N) is 1. The van der Waals surface area contributed by atoms with Crippen molar-refractivity contribution < 1.29 is 9.53 Å². The largest absolute Gasteiger partial charge is 0.374 e. The van der Waals surface area contributed by atoms with Crippen molar-refractivity contribution in [3.05, 3.63) is 0 Å². The second kappa shape index (κ2) is 3.63. The molecule has 2 aliphatic heterocycles. The first-order chi connectivity index (χ1) is 6.58. The highest BCUT2D eigenvalue weighted by Crippen LogP contribution is 2.34. The summed E-state index contributed by atoms with van der Waals surface area (Å²) in [6.45, 7) is 4.12. The summed E-state index contributed by atoms with van der Waals surface area (Å²) in [4.78, 5) is 13.7. The lowest BCUT2D eigenvalue weighted by molar-refractivity contribution is -0.124. The lowest BCUT2D eigenvalue weighted by Gasteiger charge is -2.31. The van der Waals surface area contributed by atoms with Crippen molar-refractivity contribution in [3.8, 4) is 0 Å². The molecule has 0 spiro atoms. The summed E-state index contributed by atoms with van der Waals surface area (Å²) in [5, 5.41) is 0. The monoisotopic (exact) mass is 197 g/mol. The summed E-state index contributed by atoms with van der Waals surface area (Å²) in [5.41, 5.74) is 0. The van der Waals surface area contributed by atoms with Gasteiger partial charge in [-0.2, -0.15) is 0 Å². The van der Waals surface area contributed by atoms with Gasteiger partial charge in [0.05, 0.1) is 12.2 Å². The molecule has 3 unspecified atom stereocenters. The molecule has 3 heteroatoms. The molecule has 80 valence electrons. The second-order valence-electron chi connectivity index (χ2n) is 4.79. The van der Waals surface area contributed by atoms with Gasteiger partial charge >= 0.3 is 0 Å². The van der Waals surface area contributed by atoms with Gasteiger partial charge in [-0.25, -0.2) is 0 Å². The maximum atomic E-state index is 11.4. The van der Waals surface area contributed by atoms with E-state index in [9.17, 15) is 4.79 Å². The predicted molar refractivity (Wildman–Crippen MR) is 54.2 cm³/mol. The molecule has 2 rings (SSSR count). The van der Waals surface area contributed by atoms with Crippen molar-refractivity contribution in [2.45, 2.75) is 57.4 Å². The van der Waals surface area contributed by atoms with Gasteiger partial charge in [-0.05, 0) is 27.3 Å². The van der Waals surface area contributed by atoms with E-state index >= 15 is 0 Å². The van der Waals surface area contributed by atoms with Gasteiger partial charge in [0.15, 0.2) is 0 Å². The first-order valence-corrected chi connectivity index (χ1v) is 5.47. The van der Waals surface area contributed by atoms with Crippen LogP contribution in [0.4, 0.5) is 0 Å². The molecule has 2 aliphatic rings. The zero-order valence-electron chi connectivity index (χ0n) is 9.19. The fourth-order valence-electron chi connectivity index (χ4n) is 2.70. The molecule has 0 radical (unpaired) electrons. The second-order valence-corrected chi connectivity index (χ2v) is 4.79. The fourth-order valence-corrected chi connectivity index (χ4v) is 2.70. The Kier molecular flexibility index (Phi) is 2.62. The summed E-state index contributed by atoms with van der Waals surface area (Å²) in [5.74, 6) is 0.410. The van der Waals surface area contributed by atoms with Crippen LogP contribution >= 0.6 is 0 Å². The van der Waals surface area contributed by atoms with Crippen LogP contribution in [0.3, 0.4) is 0 Å². The third kappa shape index (κ3) is 1.71. The third-order valence-electron chi connectivity index (χ3n) is 3.38. The molecule has 0 saturated carbocycles. The van der Waals surface area contributed by atoms with E-state index in [4.69, 9.17) is 4.74 Å². The van der Waals surface area contributed by atoms with Gasteiger partial charge in [0.1, 0.15) is 5.78 Å². The van der Waals surface area contributed by atoms with Gasteiger partial charge in [-0.15, -0.1) is 0 Å². The van der Waals surface area contributed by atoms with Crippen LogP contribution in [-0.4, -0.2) is 42.0 Å². The van der Waals surface area contributed by atoms with E-state index in [1.165, 1.54) is 0 Å². The van der Waals surface area contributed by atoms with Crippen molar-refractivity contribution in [1.82, 2.24) is 4.90 Å². The summed E-state index contributed by atoms with van der Waals surface area (Å²) >= 11 is 0. The van der Waals surface area contributed by atoms with E-state index in [-0.39, 0.29) is 12.2 Å². The number of fused-ring (bicyclic) bond motifs is 2. The molecule has 2 bridgehead atoms. The molecular formula is C11H19NO2. The Morgan fingerprint density at radius 1 is 1.43 bits per heavy atom. The number of likely N-dealkylation sites (N-methyl/N-ethyl adjacent to an activating group) is 1. The quantitative estimate of drug-likeness (QED) is 0.666. The first kappa shape index (κ1) is 10.1. The average molecular weight is 197 g/mol. The Morgan fingerprint density at radius 3 is 2.79 bits per heavy atom. The zero-order chi connectivity index (χ0) is 10.3. The Hall–Kier alpha value is -0.410. The number of carbonyl (C=O) groups is 1. The zero-order valence-corrected chi connectivity index (χ0v) is 9.19. The van der Waals surface area contributed by atoms with E-state index in [1.54, 1.807) is 0 Å². The van der Waals surface area contributed by atoms with E-state index < -0.39 is 0 Å². The van der Waals surface area contributed by atoms with Crippen molar-refractivity contribution in [1.29, 1.82) is 0 Å². The highest BCUT2D eigenvalue weighted by atomic mass is 16.5. The standard InChI is InChI=1S/C11H19NO2/c1-7(2)14-11-5-8-4-9(13)6-10(11)12(8)3/h7-8,10-11H,4-6H2,1-3H3. The van der Waals surface area contributed by atoms with Crippen molar-refractivity contribution >= 4 is 5.78 Å². The van der Waals surface area contributed by atoms with Crippen molar-refractivity contribution in [2.24, 2.45) is 0 Å². The summed E-state index contributed by atoms with van der Waals surface area (Å²) in [6, 6.07) is 0.772. The minimum atomic E-state index is 0.267. The van der Waals surface area contributed by atoms with Gasteiger partial charge in [0, 0.05) is 24.9 Å². The van der Waals surface area contributed by atoms with Crippen LogP contribution < -0.4 is 0 Å². The topological polar surface area (TPSA) is 29.5 Å². The number of rotatable bonds is 2. The lowest BCUT2D eigenvalue weighted by Crippen LogP contribution is -2.43. The highest BCUT2D eigenvalue weighted by molar-refractivity contribution is 5.81. The van der Waals surface area contributed by atoms with Gasteiger partial charge in [0.25, 0.3) is 0 Å². The number of piperidine rings is 1. The number of Topliss-reactive ketones (excluding diaryl/α,β-unsaturated/α-hetero) is 1. The lowest BCUT2D eigenvalue weighted by atomic mass is 10.0. The Bertz CT molecular complexity index is 239. The predicted octanol–water partition coefficient (Wildman–Crippen LogP) is 1.22. The average Bonchev–Trinajstić information content (AvgIpc) is 2.30. The van der Waals surface area contributed by atoms with Crippen LogP contribution in [0.15, 0.2) is 0 Å². The van der Waals surface area contributed by atoms with Gasteiger partial charge in [0.2, 0.25) is 0 Å². The number of hydrogen-bond donors (Lipinski definition) is 0. The van der Waals surface area contributed by atoms with Crippen LogP contribution in [-0.2, 0) is 9.53 Å². The Labute approximate surface area is 85.4 Å². The SMILES string of the molecule is CC(C)OC1CC2CC(=O)CC1N2C. The molecule has 0 aromatic rings. The first-order valence-electron chi connectivity index (χ1n) is 5.47. The number of carbonyl (C=O) groups excluding carboxylic acids is 1. The summed E-state index contributed by atoms with van der Waals surface area (Å²) < 4.78 is 5.85. The van der Waals surface area contributed by atoms with Crippen LogP contribution in [0, 0.1) is 0 Å². The van der Waals surface area contributed by atoms with E-state index in [1.807, 2.05) is 0 Å². The molecule has 14 heavy (non-hydrogen) atoms. The smallest absolute Gasteiger partial charge is 0.136 e. The molecular weight excluding hydrogens is 178 g/mol. The normalized spacial score (nSPS) is 38.3. The van der Waals surface area contributed by atoms with Crippen molar-refractivity contribution in [2.75, 3.05) is 7.05 Å². The summed E-state index contributed by atoms with van der Waals surface area (Å²) in [7, 11) is 2.12. The molecule has 0 N–H and O–H groups in total. The number of hydrogen-bond acceptors (Lipinski definition) is 3. The summed E-state index contributed by atoms with van der Waals surface area (Å²) in [6.07, 6.45) is 2.99. The highest BCUT2D eigenvalue weighted by Gasteiger charge is 2.45. The van der Waals surface area contributed by atoms with Gasteiger partial charge in [-0.1, -0.05) is 0 Å². The van der Waals surface area contributed by atoms with Gasteiger partial charge < -0.3 is 4.74 Å². The minimum Gasteiger partial charge on any atom is -0.374 e. The molecule has 2 heterocycles. The van der Waals surface area contributed by atoms with E-state index in [2.05, 4.69) is 25.8 Å². The molecule has 3 nitrogen and oxygen atoms in total. The van der Waals surface area contributed by atoms with Crippen LogP contribution in [0.2, 0.25) is 0 Å². The molecule has 0 aromatic carbocycles. The molecule has 0 aliphatic carbocycles. The Morgan fingerprint density at radius 2 is 2.14 bits per heavy atom. The molecule has 0 aromatic heterocycles. The molecule has 2 fully saturated rings. The fraction of sp³-hybridized carbons (Fsp3) is 0.909. The van der Waals surface area contributed by atoms with Gasteiger partial charge in [-0.3, -0.25) is 9.69 Å². The van der Waals surface area contributed by atoms with E-state index in [0.717, 1.165) is 12.8 Å². The maximum absolute atomic E-state index is 11.4. The van der Waals surface area contributed by atoms with Crippen LogP contribution in [0.1, 0.15) is 33.1 Å².